The van der Waals surface area contributed by atoms with E-state index >= 15 is 0 Å². The smallest absolute Gasteiger partial charge is 0.192 e. The summed E-state index contributed by atoms with van der Waals surface area (Å²) in [6.45, 7) is 11.2. The number of rotatable bonds is 11. The van der Waals surface area contributed by atoms with Crippen LogP contribution in [0.3, 0.4) is 0 Å². The molecule has 0 saturated carbocycles. The van der Waals surface area contributed by atoms with Gasteiger partial charge in [0.25, 0.3) is 0 Å². The highest BCUT2D eigenvalue weighted by molar-refractivity contribution is 6.73. The van der Waals surface area contributed by atoms with Gasteiger partial charge in [-0.15, -0.1) is 0 Å². The van der Waals surface area contributed by atoms with E-state index in [0.717, 1.165) is 13.0 Å². The van der Waals surface area contributed by atoms with Crippen LogP contribution in [0.25, 0.3) is 0 Å². The molecule has 1 aliphatic heterocycles. The second-order valence-corrected chi connectivity index (χ2v) is 11.7. The Hall–Kier alpha value is -0.683. The first-order chi connectivity index (χ1) is 11.0. The van der Waals surface area contributed by atoms with E-state index in [9.17, 15) is 0 Å². The fourth-order valence-corrected chi connectivity index (χ4v) is 5.95. The Labute approximate surface area is 142 Å². The van der Waals surface area contributed by atoms with Gasteiger partial charge in [-0.3, -0.25) is 0 Å². The fourth-order valence-electron chi connectivity index (χ4n) is 3.09. The van der Waals surface area contributed by atoms with Gasteiger partial charge in [0.1, 0.15) is 0 Å². The van der Waals surface area contributed by atoms with Crippen molar-refractivity contribution >= 4 is 8.32 Å². The molecule has 4 heteroatoms. The standard InChI is InChI=1S/C19H32O3Si/c1-5-23(6-2,7-3)22-18(13-19(4)16-21-19)15-20-14-17-11-9-8-10-12-17/h8-12,18H,5-7,13-16H2,1-4H3/t18-,19+/m0/s1. The van der Waals surface area contributed by atoms with Crippen molar-refractivity contribution in [2.75, 3.05) is 13.2 Å². The van der Waals surface area contributed by atoms with Gasteiger partial charge in [-0.1, -0.05) is 51.1 Å². The minimum absolute atomic E-state index is 0.0101. The zero-order valence-corrected chi connectivity index (χ0v) is 16.1. The second-order valence-electron chi connectivity index (χ2n) is 6.93. The summed E-state index contributed by atoms with van der Waals surface area (Å²) in [6.07, 6.45) is 1.09. The first kappa shape index (κ1) is 18.7. The molecule has 2 rings (SSSR count). The van der Waals surface area contributed by atoms with Gasteiger partial charge in [-0.25, -0.2) is 0 Å². The van der Waals surface area contributed by atoms with Crippen molar-refractivity contribution in [3.8, 4) is 0 Å². The summed E-state index contributed by atoms with van der Waals surface area (Å²) in [5.41, 5.74) is 1.22. The summed E-state index contributed by atoms with van der Waals surface area (Å²) >= 11 is 0. The minimum Gasteiger partial charge on any atom is -0.411 e. The summed E-state index contributed by atoms with van der Waals surface area (Å²) in [5.74, 6) is 0. The topological polar surface area (TPSA) is 31.0 Å². The van der Waals surface area contributed by atoms with Crippen LogP contribution in [0, 0.1) is 0 Å². The van der Waals surface area contributed by atoms with Crippen LogP contribution in [0.15, 0.2) is 30.3 Å². The van der Waals surface area contributed by atoms with Crippen molar-refractivity contribution in [2.24, 2.45) is 0 Å². The van der Waals surface area contributed by atoms with Crippen LogP contribution in [0.5, 0.6) is 0 Å². The van der Waals surface area contributed by atoms with Crippen LogP contribution >= 0.6 is 0 Å². The molecule has 0 aliphatic carbocycles. The minimum atomic E-state index is -1.62. The Kier molecular flexibility index (Phi) is 6.83. The van der Waals surface area contributed by atoms with Gasteiger partial charge in [0.05, 0.1) is 31.5 Å². The van der Waals surface area contributed by atoms with E-state index < -0.39 is 8.32 Å². The van der Waals surface area contributed by atoms with Gasteiger partial charge in [-0.2, -0.15) is 0 Å². The third kappa shape index (κ3) is 5.71. The first-order valence-corrected chi connectivity index (χ1v) is 11.5. The average molecular weight is 337 g/mol. The summed E-state index contributed by atoms with van der Waals surface area (Å²) in [6, 6.07) is 13.9. The molecular formula is C19H32O3Si. The van der Waals surface area contributed by atoms with E-state index in [4.69, 9.17) is 13.9 Å². The molecule has 1 fully saturated rings. The summed E-state index contributed by atoms with van der Waals surface area (Å²) in [4.78, 5) is 0. The number of ether oxygens (including phenoxy) is 2. The Morgan fingerprint density at radius 1 is 1.13 bits per heavy atom. The first-order valence-electron chi connectivity index (χ1n) is 8.98. The molecule has 0 amide bonds. The van der Waals surface area contributed by atoms with Crippen LogP contribution in [0.2, 0.25) is 18.1 Å². The predicted molar refractivity (Wildman–Crippen MR) is 97.1 cm³/mol. The maximum atomic E-state index is 6.67. The van der Waals surface area contributed by atoms with Crippen molar-refractivity contribution in [2.45, 2.75) is 70.6 Å². The van der Waals surface area contributed by atoms with Gasteiger partial charge in [0.15, 0.2) is 8.32 Å². The summed E-state index contributed by atoms with van der Waals surface area (Å²) in [5, 5.41) is 0. The lowest BCUT2D eigenvalue weighted by Gasteiger charge is -2.34. The Morgan fingerprint density at radius 3 is 2.26 bits per heavy atom. The lowest BCUT2D eigenvalue weighted by molar-refractivity contribution is 0.0215. The van der Waals surface area contributed by atoms with Gasteiger partial charge in [0.2, 0.25) is 0 Å². The molecule has 1 saturated heterocycles. The van der Waals surface area contributed by atoms with Crippen molar-refractivity contribution in [3.05, 3.63) is 35.9 Å². The van der Waals surface area contributed by atoms with E-state index in [-0.39, 0.29) is 11.7 Å². The maximum absolute atomic E-state index is 6.67. The molecule has 2 atom stereocenters. The van der Waals surface area contributed by atoms with E-state index in [1.54, 1.807) is 0 Å². The zero-order chi connectivity index (χ0) is 16.8. The quantitative estimate of drug-likeness (QED) is 0.431. The van der Waals surface area contributed by atoms with Crippen LogP contribution < -0.4 is 0 Å². The van der Waals surface area contributed by atoms with E-state index in [0.29, 0.717) is 13.2 Å². The Balaban J connectivity index is 1.91. The van der Waals surface area contributed by atoms with Gasteiger partial charge in [0, 0.05) is 6.42 Å². The van der Waals surface area contributed by atoms with E-state index in [1.807, 2.05) is 6.07 Å². The highest BCUT2D eigenvalue weighted by Gasteiger charge is 2.43. The molecule has 1 aromatic carbocycles. The van der Waals surface area contributed by atoms with Crippen LogP contribution in [-0.4, -0.2) is 33.2 Å². The predicted octanol–water partition coefficient (Wildman–Crippen LogP) is 4.77. The lowest BCUT2D eigenvalue weighted by atomic mass is 10.1. The molecule has 3 nitrogen and oxygen atoms in total. The largest absolute Gasteiger partial charge is 0.411 e. The zero-order valence-electron chi connectivity index (χ0n) is 15.1. The summed E-state index contributed by atoms with van der Waals surface area (Å²) in [7, 11) is -1.62. The molecule has 1 aliphatic rings. The number of hydrogen-bond acceptors (Lipinski definition) is 3. The third-order valence-corrected chi connectivity index (χ3v) is 9.76. The number of epoxide rings is 1. The van der Waals surface area contributed by atoms with Crippen molar-refractivity contribution in [1.29, 1.82) is 0 Å². The number of benzene rings is 1. The third-order valence-electron chi connectivity index (χ3n) is 5.06. The molecular weight excluding hydrogens is 304 g/mol. The van der Waals surface area contributed by atoms with Gasteiger partial charge < -0.3 is 13.9 Å². The molecule has 0 bridgehead atoms. The van der Waals surface area contributed by atoms with Crippen LogP contribution in [-0.2, 0) is 20.5 Å². The van der Waals surface area contributed by atoms with E-state index in [2.05, 4.69) is 52.0 Å². The highest BCUT2D eigenvalue weighted by atomic mass is 28.4. The summed E-state index contributed by atoms with van der Waals surface area (Å²) < 4.78 is 18.2. The molecule has 23 heavy (non-hydrogen) atoms. The Bertz CT molecular complexity index is 447. The lowest BCUT2D eigenvalue weighted by Crippen LogP contribution is -2.42. The average Bonchev–Trinajstić information content (AvgIpc) is 3.30. The molecule has 1 heterocycles. The molecule has 0 spiro atoms. The number of hydrogen-bond donors (Lipinski definition) is 0. The van der Waals surface area contributed by atoms with Crippen molar-refractivity contribution in [3.63, 3.8) is 0 Å². The van der Waals surface area contributed by atoms with Gasteiger partial charge >= 0.3 is 0 Å². The monoisotopic (exact) mass is 336 g/mol. The SMILES string of the molecule is CC[Si](CC)(CC)O[C@H](COCc1ccccc1)C[C@]1(C)CO1. The maximum Gasteiger partial charge on any atom is 0.192 e. The molecule has 1 aromatic rings. The molecule has 0 N–H and O–H groups in total. The fraction of sp³-hybridized carbons (Fsp3) is 0.684. The van der Waals surface area contributed by atoms with Gasteiger partial charge in [-0.05, 0) is 30.6 Å². The normalized spacial score (nSPS) is 22.1. The van der Waals surface area contributed by atoms with Crippen molar-refractivity contribution in [1.82, 2.24) is 0 Å². The van der Waals surface area contributed by atoms with Crippen LogP contribution in [0.4, 0.5) is 0 Å². The van der Waals surface area contributed by atoms with Crippen molar-refractivity contribution < 1.29 is 13.9 Å². The Morgan fingerprint density at radius 2 is 1.74 bits per heavy atom. The molecule has 130 valence electrons. The van der Waals surface area contributed by atoms with Crippen LogP contribution in [0.1, 0.15) is 39.7 Å². The van der Waals surface area contributed by atoms with E-state index in [1.165, 1.54) is 23.7 Å². The molecule has 0 radical (unpaired) electrons. The molecule has 0 unspecified atom stereocenters. The highest BCUT2D eigenvalue weighted by Crippen LogP contribution is 2.34. The molecule has 0 aromatic heterocycles. The second kappa shape index (κ2) is 8.43.